The maximum absolute atomic E-state index is 13.0. The number of rotatable bonds is 9. The minimum atomic E-state index is -0.751. The summed E-state index contributed by atoms with van der Waals surface area (Å²) in [4.78, 5) is 39.1. The summed E-state index contributed by atoms with van der Waals surface area (Å²) in [6.07, 6.45) is -0.751. The lowest BCUT2D eigenvalue weighted by Gasteiger charge is -2.16. The number of nitrogens with one attached hydrogen (secondary N) is 2. The van der Waals surface area contributed by atoms with E-state index in [1.807, 2.05) is 62.4 Å². The van der Waals surface area contributed by atoms with Crippen LogP contribution in [0.3, 0.4) is 0 Å². The maximum Gasteiger partial charge on any atom is 0.341 e. The van der Waals surface area contributed by atoms with E-state index in [0.717, 1.165) is 27.3 Å². The van der Waals surface area contributed by atoms with Crippen LogP contribution in [0.4, 0.5) is 10.7 Å². The van der Waals surface area contributed by atoms with Crippen LogP contribution in [0.15, 0.2) is 78.9 Å². The van der Waals surface area contributed by atoms with Crippen LogP contribution in [-0.2, 0) is 9.53 Å². The van der Waals surface area contributed by atoms with E-state index < -0.39 is 12.1 Å². The first-order valence-corrected chi connectivity index (χ1v) is 13.4. The number of carbonyl (C=O) groups is 3. The zero-order valence-corrected chi connectivity index (χ0v) is 23.1. The van der Waals surface area contributed by atoms with E-state index in [0.29, 0.717) is 21.9 Å². The molecule has 0 spiro atoms. The van der Waals surface area contributed by atoms with Gasteiger partial charge in [0.25, 0.3) is 11.8 Å². The molecule has 3 aromatic carbocycles. The van der Waals surface area contributed by atoms with E-state index in [1.165, 1.54) is 11.3 Å². The smallest absolute Gasteiger partial charge is 0.341 e. The fourth-order valence-electron chi connectivity index (χ4n) is 3.83. The highest BCUT2D eigenvalue weighted by Gasteiger charge is 2.21. The normalized spacial score (nSPS) is 11.4. The van der Waals surface area contributed by atoms with Gasteiger partial charge in [-0.3, -0.25) is 9.59 Å². The van der Waals surface area contributed by atoms with Crippen molar-refractivity contribution in [3.05, 3.63) is 101 Å². The van der Waals surface area contributed by atoms with Crippen molar-refractivity contribution in [1.82, 2.24) is 0 Å². The Balaban J connectivity index is 1.44. The molecule has 1 unspecified atom stereocenters. The first kappa shape index (κ1) is 27.6. The molecule has 0 aliphatic heterocycles. The van der Waals surface area contributed by atoms with Gasteiger partial charge in [0, 0.05) is 16.1 Å². The Hall–Kier alpha value is -4.43. The summed E-state index contributed by atoms with van der Waals surface area (Å²) in [5.74, 6) is -0.703. The number of aryl methyl sites for hydroxylation is 1. The second-order valence-corrected chi connectivity index (χ2v) is 9.97. The summed E-state index contributed by atoms with van der Waals surface area (Å²) in [7, 11) is 0. The minimum absolute atomic E-state index is 0.227. The molecule has 0 fully saturated rings. The first-order valence-electron chi connectivity index (χ1n) is 12.6. The van der Waals surface area contributed by atoms with Crippen molar-refractivity contribution in [2.75, 3.05) is 17.2 Å². The van der Waals surface area contributed by atoms with Crippen LogP contribution < -0.4 is 15.4 Å². The van der Waals surface area contributed by atoms with Crippen LogP contribution in [0.5, 0.6) is 5.75 Å². The van der Waals surface area contributed by atoms with Crippen molar-refractivity contribution in [2.24, 2.45) is 0 Å². The number of hydrogen-bond acceptors (Lipinski definition) is 6. The summed E-state index contributed by atoms with van der Waals surface area (Å²) in [5.41, 5.74) is 4.45. The third-order valence-corrected chi connectivity index (χ3v) is 7.27. The third-order valence-electron chi connectivity index (χ3n) is 6.17. The maximum atomic E-state index is 13.0. The predicted octanol–water partition coefficient (Wildman–Crippen LogP) is 6.87. The highest BCUT2D eigenvalue weighted by Crippen LogP contribution is 2.36. The summed E-state index contributed by atoms with van der Waals surface area (Å²) >= 11 is 1.31. The van der Waals surface area contributed by atoms with E-state index in [-0.39, 0.29) is 18.4 Å². The van der Waals surface area contributed by atoms with Gasteiger partial charge in [0.1, 0.15) is 10.8 Å². The van der Waals surface area contributed by atoms with Gasteiger partial charge < -0.3 is 20.1 Å². The van der Waals surface area contributed by atoms with Crippen LogP contribution in [0.25, 0.3) is 10.4 Å². The van der Waals surface area contributed by atoms with Gasteiger partial charge in [-0.25, -0.2) is 4.79 Å². The average Bonchev–Trinajstić information content (AvgIpc) is 3.36. The van der Waals surface area contributed by atoms with Gasteiger partial charge in [0.2, 0.25) is 0 Å². The fourth-order valence-corrected chi connectivity index (χ4v) is 4.87. The van der Waals surface area contributed by atoms with Crippen LogP contribution in [0, 0.1) is 13.8 Å². The Labute approximate surface area is 231 Å². The number of thiophene rings is 1. The summed E-state index contributed by atoms with van der Waals surface area (Å²) in [6, 6.07) is 23.6. The lowest BCUT2D eigenvalue weighted by Crippen LogP contribution is -2.30. The van der Waals surface area contributed by atoms with E-state index in [1.54, 1.807) is 44.2 Å². The second kappa shape index (κ2) is 12.4. The zero-order chi connectivity index (χ0) is 27.9. The standard InChI is InChI=1S/C31H30N2O5S/c1-5-37-31(36)25-18-27(22-11-7-6-8-12-22)39-30(25)33-29(35)23-14-16-24(17-15-23)38-21(4)28(34)32-26-13-9-10-19(2)20(26)3/h6-18,21H,5H2,1-4H3,(H,32,34)(H,33,35). The number of ether oxygens (including phenoxy) is 2. The van der Waals surface area contributed by atoms with Crippen LogP contribution in [0.1, 0.15) is 45.7 Å². The lowest BCUT2D eigenvalue weighted by atomic mass is 10.1. The second-order valence-electron chi connectivity index (χ2n) is 8.92. The van der Waals surface area contributed by atoms with Crippen LogP contribution >= 0.6 is 11.3 Å². The molecule has 0 saturated heterocycles. The molecule has 1 atom stereocenters. The van der Waals surface area contributed by atoms with Gasteiger partial charge in [-0.1, -0.05) is 42.5 Å². The highest BCUT2D eigenvalue weighted by atomic mass is 32.1. The molecule has 4 rings (SSSR count). The number of hydrogen-bond donors (Lipinski definition) is 2. The Morgan fingerprint density at radius 2 is 1.62 bits per heavy atom. The van der Waals surface area contributed by atoms with Gasteiger partial charge in [-0.15, -0.1) is 11.3 Å². The quantitative estimate of drug-likeness (QED) is 0.225. The molecular formula is C31H30N2O5S. The topological polar surface area (TPSA) is 93.7 Å². The number of benzene rings is 3. The van der Waals surface area contributed by atoms with Gasteiger partial charge in [-0.05, 0) is 80.8 Å². The molecule has 0 radical (unpaired) electrons. The molecule has 8 heteroatoms. The van der Waals surface area contributed by atoms with E-state index in [2.05, 4.69) is 10.6 Å². The molecule has 0 aliphatic carbocycles. The van der Waals surface area contributed by atoms with Crippen molar-refractivity contribution in [2.45, 2.75) is 33.8 Å². The number of anilines is 2. The van der Waals surface area contributed by atoms with E-state index in [4.69, 9.17) is 9.47 Å². The molecule has 2 amide bonds. The minimum Gasteiger partial charge on any atom is -0.481 e. The largest absolute Gasteiger partial charge is 0.481 e. The van der Waals surface area contributed by atoms with Crippen molar-refractivity contribution < 1.29 is 23.9 Å². The molecule has 1 aromatic heterocycles. The zero-order valence-electron chi connectivity index (χ0n) is 22.2. The van der Waals surface area contributed by atoms with Gasteiger partial charge >= 0.3 is 5.97 Å². The van der Waals surface area contributed by atoms with Crippen molar-refractivity contribution in [3.8, 4) is 16.2 Å². The third kappa shape index (κ3) is 6.72. The van der Waals surface area contributed by atoms with E-state index in [9.17, 15) is 14.4 Å². The molecule has 1 heterocycles. The Morgan fingerprint density at radius 3 is 2.31 bits per heavy atom. The van der Waals surface area contributed by atoms with Gasteiger partial charge in [0.15, 0.2) is 6.10 Å². The van der Waals surface area contributed by atoms with E-state index >= 15 is 0 Å². The molecule has 2 N–H and O–H groups in total. The van der Waals surface area contributed by atoms with Crippen LogP contribution in [-0.4, -0.2) is 30.5 Å². The number of amides is 2. The lowest BCUT2D eigenvalue weighted by molar-refractivity contribution is -0.122. The fraction of sp³-hybridized carbons (Fsp3) is 0.194. The number of carbonyl (C=O) groups excluding carboxylic acids is 3. The SMILES string of the molecule is CCOC(=O)c1cc(-c2ccccc2)sc1NC(=O)c1ccc(OC(C)C(=O)Nc2cccc(C)c2C)cc1. The van der Waals surface area contributed by atoms with Gasteiger partial charge in [0.05, 0.1) is 12.2 Å². The summed E-state index contributed by atoms with van der Waals surface area (Å²) in [6.45, 7) is 7.57. The van der Waals surface area contributed by atoms with Crippen molar-refractivity contribution >= 4 is 39.8 Å². The first-order chi connectivity index (χ1) is 18.8. The Bertz CT molecular complexity index is 1480. The molecule has 0 bridgehead atoms. The summed E-state index contributed by atoms with van der Waals surface area (Å²) in [5, 5.41) is 6.16. The predicted molar refractivity (Wildman–Crippen MR) is 155 cm³/mol. The Morgan fingerprint density at radius 1 is 0.897 bits per heavy atom. The molecule has 4 aromatic rings. The molecule has 0 aliphatic rings. The molecule has 39 heavy (non-hydrogen) atoms. The van der Waals surface area contributed by atoms with Crippen LogP contribution in [0.2, 0.25) is 0 Å². The Kier molecular flexibility index (Phi) is 8.78. The molecular weight excluding hydrogens is 512 g/mol. The molecule has 200 valence electrons. The van der Waals surface area contributed by atoms with Crippen molar-refractivity contribution in [1.29, 1.82) is 0 Å². The van der Waals surface area contributed by atoms with Crippen molar-refractivity contribution in [3.63, 3.8) is 0 Å². The van der Waals surface area contributed by atoms with Gasteiger partial charge in [-0.2, -0.15) is 0 Å². The highest BCUT2D eigenvalue weighted by molar-refractivity contribution is 7.20. The average molecular weight is 543 g/mol. The molecule has 0 saturated carbocycles. The molecule has 7 nitrogen and oxygen atoms in total. The monoisotopic (exact) mass is 542 g/mol. The number of esters is 1. The summed E-state index contributed by atoms with van der Waals surface area (Å²) < 4.78 is 11.0.